The Balaban J connectivity index is 2.05. The lowest BCUT2D eigenvalue weighted by atomic mass is 9.87. The average molecular weight is 372 g/mol. The van der Waals surface area contributed by atoms with E-state index >= 15 is 0 Å². The van der Waals surface area contributed by atoms with Gasteiger partial charge in [0.05, 0.1) is 11.6 Å². The molecule has 0 N–H and O–H groups in total. The number of aromatic nitrogens is 1. The molecular formula is C25H25FN2. The molecule has 142 valence electrons. The third-order valence-electron chi connectivity index (χ3n) is 5.05. The largest absolute Gasteiger partial charge is 0.318 e. The van der Waals surface area contributed by atoms with E-state index in [9.17, 15) is 9.65 Å². The maximum atomic E-state index is 14.1. The Morgan fingerprint density at radius 2 is 1.68 bits per heavy atom. The Morgan fingerprint density at radius 1 is 1.04 bits per heavy atom. The van der Waals surface area contributed by atoms with Crippen molar-refractivity contribution in [3.63, 3.8) is 0 Å². The molecular weight excluding hydrogens is 347 g/mol. The van der Waals surface area contributed by atoms with E-state index in [1.165, 1.54) is 11.6 Å². The number of hydrogen-bond acceptors (Lipinski definition) is 1. The minimum atomic E-state index is -0.387. The van der Waals surface area contributed by atoms with Gasteiger partial charge in [0, 0.05) is 22.6 Å². The van der Waals surface area contributed by atoms with Crippen LogP contribution in [0, 0.1) is 31.0 Å². The SMILES string of the molecule is Cc1cc(C=C(C#N)c2ccccc2F)c(C)n1-c1ccc(C(C)(C)C)cc1. The van der Waals surface area contributed by atoms with E-state index < -0.39 is 0 Å². The van der Waals surface area contributed by atoms with Crippen molar-refractivity contribution < 1.29 is 4.39 Å². The fourth-order valence-electron chi connectivity index (χ4n) is 3.45. The van der Waals surface area contributed by atoms with Gasteiger partial charge in [0.25, 0.3) is 0 Å². The number of nitriles is 1. The molecule has 0 saturated carbocycles. The average Bonchev–Trinajstić information content (AvgIpc) is 2.93. The Hall–Kier alpha value is -3.12. The van der Waals surface area contributed by atoms with Crippen LogP contribution >= 0.6 is 0 Å². The van der Waals surface area contributed by atoms with Gasteiger partial charge in [-0.15, -0.1) is 0 Å². The lowest BCUT2D eigenvalue weighted by Gasteiger charge is -2.20. The minimum Gasteiger partial charge on any atom is -0.318 e. The molecule has 0 spiro atoms. The van der Waals surface area contributed by atoms with Crippen LogP contribution in [-0.4, -0.2) is 4.57 Å². The molecule has 2 nitrogen and oxygen atoms in total. The molecule has 2 aromatic carbocycles. The van der Waals surface area contributed by atoms with Gasteiger partial charge < -0.3 is 4.57 Å². The summed E-state index contributed by atoms with van der Waals surface area (Å²) in [6, 6.07) is 19.1. The number of benzene rings is 2. The molecule has 0 aliphatic heterocycles. The topological polar surface area (TPSA) is 28.7 Å². The fourth-order valence-corrected chi connectivity index (χ4v) is 3.45. The number of halogens is 1. The second-order valence-electron chi connectivity index (χ2n) is 8.11. The third kappa shape index (κ3) is 3.77. The van der Waals surface area contributed by atoms with Crippen molar-refractivity contribution in [3.05, 3.63) is 88.5 Å². The van der Waals surface area contributed by atoms with E-state index in [2.05, 4.69) is 55.7 Å². The van der Waals surface area contributed by atoms with Crippen LogP contribution < -0.4 is 0 Å². The lowest BCUT2D eigenvalue weighted by Crippen LogP contribution is -2.11. The fraction of sp³-hybridized carbons (Fsp3) is 0.240. The first-order chi connectivity index (χ1) is 13.2. The van der Waals surface area contributed by atoms with Crippen molar-refractivity contribution in [1.29, 1.82) is 5.26 Å². The number of hydrogen-bond donors (Lipinski definition) is 0. The Morgan fingerprint density at radius 3 is 2.25 bits per heavy atom. The first-order valence-electron chi connectivity index (χ1n) is 9.39. The molecule has 3 heteroatoms. The van der Waals surface area contributed by atoms with Gasteiger partial charge in [-0.3, -0.25) is 0 Å². The zero-order valence-corrected chi connectivity index (χ0v) is 17.0. The van der Waals surface area contributed by atoms with Crippen molar-refractivity contribution in [1.82, 2.24) is 4.57 Å². The van der Waals surface area contributed by atoms with E-state index in [0.29, 0.717) is 11.1 Å². The van der Waals surface area contributed by atoms with Gasteiger partial charge in [-0.2, -0.15) is 5.26 Å². The van der Waals surface area contributed by atoms with Crippen LogP contribution in [0.15, 0.2) is 54.6 Å². The number of aryl methyl sites for hydroxylation is 1. The zero-order chi connectivity index (χ0) is 20.5. The summed E-state index contributed by atoms with van der Waals surface area (Å²) in [6.45, 7) is 10.7. The summed E-state index contributed by atoms with van der Waals surface area (Å²) in [4.78, 5) is 0. The van der Waals surface area contributed by atoms with Gasteiger partial charge in [-0.1, -0.05) is 51.1 Å². The van der Waals surface area contributed by atoms with Gasteiger partial charge in [-0.25, -0.2) is 4.39 Å². The van der Waals surface area contributed by atoms with Crippen molar-refractivity contribution in [3.8, 4) is 11.8 Å². The standard InChI is InChI=1S/C25H25FN2/c1-17-14-19(15-20(16-27)23-8-6-7-9-24(23)26)18(2)28(17)22-12-10-21(11-13-22)25(3,4)5/h6-15H,1-5H3. The second-order valence-corrected chi connectivity index (χ2v) is 8.11. The van der Waals surface area contributed by atoms with E-state index in [-0.39, 0.29) is 11.2 Å². The highest BCUT2D eigenvalue weighted by atomic mass is 19.1. The number of allylic oxidation sites excluding steroid dienone is 1. The summed E-state index contributed by atoms with van der Waals surface area (Å²) in [5.41, 5.74) is 6.11. The van der Waals surface area contributed by atoms with Gasteiger partial charge >= 0.3 is 0 Å². The van der Waals surface area contributed by atoms with Gasteiger partial charge in [0.15, 0.2) is 0 Å². The molecule has 0 fully saturated rings. The van der Waals surface area contributed by atoms with E-state index in [4.69, 9.17) is 0 Å². The zero-order valence-electron chi connectivity index (χ0n) is 17.0. The van der Waals surface area contributed by atoms with Crippen molar-refractivity contribution in [2.45, 2.75) is 40.0 Å². The molecule has 0 radical (unpaired) electrons. The van der Waals surface area contributed by atoms with Crippen LogP contribution in [0.3, 0.4) is 0 Å². The van der Waals surface area contributed by atoms with Crippen LogP contribution in [-0.2, 0) is 5.41 Å². The number of nitrogens with zero attached hydrogens (tertiary/aromatic N) is 2. The van der Waals surface area contributed by atoms with E-state index in [0.717, 1.165) is 22.6 Å². The van der Waals surface area contributed by atoms with Gasteiger partial charge in [-0.05, 0) is 60.7 Å². The molecule has 1 aromatic heterocycles. The molecule has 0 bridgehead atoms. The maximum absolute atomic E-state index is 14.1. The predicted molar refractivity (Wildman–Crippen MR) is 114 cm³/mol. The predicted octanol–water partition coefficient (Wildman–Crippen LogP) is 6.59. The minimum absolute atomic E-state index is 0.106. The highest BCUT2D eigenvalue weighted by molar-refractivity contribution is 5.90. The first kappa shape index (κ1) is 19.6. The van der Waals surface area contributed by atoms with E-state index in [1.807, 2.05) is 19.9 Å². The summed E-state index contributed by atoms with van der Waals surface area (Å²) in [5.74, 6) is -0.387. The normalized spacial score (nSPS) is 12.1. The molecule has 0 aliphatic rings. The molecule has 0 aliphatic carbocycles. The lowest BCUT2D eigenvalue weighted by molar-refractivity contribution is 0.590. The van der Waals surface area contributed by atoms with Crippen molar-refractivity contribution in [2.24, 2.45) is 0 Å². The van der Waals surface area contributed by atoms with Crippen LogP contribution in [0.4, 0.5) is 4.39 Å². The van der Waals surface area contributed by atoms with Crippen LogP contribution in [0.25, 0.3) is 17.3 Å². The second kappa shape index (κ2) is 7.48. The van der Waals surface area contributed by atoms with Gasteiger partial charge in [0.2, 0.25) is 0 Å². The van der Waals surface area contributed by atoms with Crippen molar-refractivity contribution >= 4 is 11.6 Å². The molecule has 0 atom stereocenters. The Kier molecular flexibility index (Phi) is 5.25. The quantitative estimate of drug-likeness (QED) is 0.476. The molecule has 0 unspecified atom stereocenters. The monoisotopic (exact) mass is 372 g/mol. The van der Waals surface area contributed by atoms with Crippen LogP contribution in [0.1, 0.15) is 48.8 Å². The first-order valence-corrected chi connectivity index (χ1v) is 9.39. The van der Waals surface area contributed by atoms with Crippen molar-refractivity contribution in [2.75, 3.05) is 0 Å². The third-order valence-corrected chi connectivity index (χ3v) is 5.05. The number of rotatable bonds is 3. The summed E-state index contributed by atoms with van der Waals surface area (Å²) < 4.78 is 16.3. The summed E-state index contributed by atoms with van der Waals surface area (Å²) in [5, 5.41) is 9.56. The summed E-state index contributed by atoms with van der Waals surface area (Å²) in [7, 11) is 0. The van der Waals surface area contributed by atoms with E-state index in [1.54, 1.807) is 24.3 Å². The highest BCUT2D eigenvalue weighted by Crippen LogP contribution is 2.28. The molecule has 3 rings (SSSR count). The molecule has 3 aromatic rings. The summed E-state index contributed by atoms with van der Waals surface area (Å²) in [6.07, 6.45) is 1.76. The molecule has 0 amide bonds. The highest BCUT2D eigenvalue weighted by Gasteiger charge is 2.15. The Bertz CT molecular complexity index is 1070. The smallest absolute Gasteiger partial charge is 0.131 e. The molecule has 0 saturated heterocycles. The molecule has 28 heavy (non-hydrogen) atoms. The summed E-state index contributed by atoms with van der Waals surface area (Å²) >= 11 is 0. The molecule has 1 heterocycles. The maximum Gasteiger partial charge on any atom is 0.131 e. The Labute approximate surface area is 166 Å². The van der Waals surface area contributed by atoms with Gasteiger partial charge in [0.1, 0.15) is 5.82 Å². The van der Waals surface area contributed by atoms with Crippen LogP contribution in [0.2, 0.25) is 0 Å². The van der Waals surface area contributed by atoms with Crippen LogP contribution in [0.5, 0.6) is 0 Å².